The van der Waals surface area contributed by atoms with E-state index in [2.05, 4.69) is 15.2 Å². The van der Waals surface area contributed by atoms with E-state index in [1.54, 1.807) is 12.1 Å². The summed E-state index contributed by atoms with van der Waals surface area (Å²) in [5, 5.41) is 9.51. The van der Waals surface area contributed by atoms with E-state index in [-0.39, 0.29) is 11.5 Å². The van der Waals surface area contributed by atoms with Crippen molar-refractivity contribution >= 4 is 28.4 Å². The molecule has 0 atom stereocenters. The van der Waals surface area contributed by atoms with Crippen LogP contribution < -0.4 is 14.2 Å². The van der Waals surface area contributed by atoms with Gasteiger partial charge < -0.3 is 23.6 Å². The Morgan fingerprint density at radius 2 is 1.68 bits per heavy atom. The van der Waals surface area contributed by atoms with Crippen LogP contribution in [0.3, 0.4) is 0 Å². The Labute approximate surface area is 202 Å². The van der Waals surface area contributed by atoms with Crippen LogP contribution in [0, 0.1) is 6.92 Å². The first kappa shape index (κ1) is 23.7. The fourth-order valence-electron chi connectivity index (χ4n) is 3.73. The number of benzene rings is 2. The molecule has 8 nitrogen and oxygen atoms in total. The maximum absolute atomic E-state index is 12.9. The quantitative estimate of drug-likeness (QED) is 0.215. The van der Waals surface area contributed by atoms with E-state index < -0.39 is 0 Å². The summed E-state index contributed by atoms with van der Waals surface area (Å²) >= 11 is 1.21. The number of fused-ring (bicyclic) bond motifs is 1. The number of aryl methyl sites for hydroxylation is 1. The molecule has 34 heavy (non-hydrogen) atoms. The topological polar surface area (TPSA) is 99.5 Å². The van der Waals surface area contributed by atoms with E-state index in [0.29, 0.717) is 59.3 Å². The number of nitrogens with zero attached hydrogens (tertiary/aromatic N) is 2. The van der Waals surface area contributed by atoms with Crippen molar-refractivity contribution in [3.05, 3.63) is 47.7 Å². The normalized spacial score (nSPS) is 11.1. The number of carbonyl (C=O) groups excluding carboxylic acids is 1. The first-order chi connectivity index (χ1) is 16.5. The molecule has 2 heterocycles. The van der Waals surface area contributed by atoms with Crippen molar-refractivity contribution in [2.45, 2.75) is 32.9 Å². The first-order valence-electron chi connectivity index (χ1n) is 11.2. The first-order valence-corrected chi connectivity index (χ1v) is 12.2. The minimum Gasteiger partial charge on any atom is -0.490 e. The van der Waals surface area contributed by atoms with E-state index in [4.69, 9.17) is 18.6 Å². The molecule has 1 N–H and O–H groups in total. The van der Waals surface area contributed by atoms with E-state index >= 15 is 0 Å². The van der Waals surface area contributed by atoms with Crippen LogP contribution >= 0.6 is 11.8 Å². The number of ketones is 1. The van der Waals surface area contributed by atoms with Gasteiger partial charge in [0.1, 0.15) is 0 Å². The summed E-state index contributed by atoms with van der Waals surface area (Å²) in [6.45, 7) is 9.02. The van der Waals surface area contributed by atoms with Gasteiger partial charge in [-0.1, -0.05) is 30.0 Å². The molecule has 0 aliphatic heterocycles. The van der Waals surface area contributed by atoms with Crippen molar-refractivity contribution in [2.75, 3.05) is 25.6 Å². The highest BCUT2D eigenvalue weighted by atomic mass is 32.2. The van der Waals surface area contributed by atoms with Crippen molar-refractivity contribution in [3.8, 4) is 28.7 Å². The molecular formula is C25H27N3O5S. The number of hydrogen-bond donors (Lipinski definition) is 1. The second-order valence-electron chi connectivity index (χ2n) is 7.36. The van der Waals surface area contributed by atoms with E-state index in [1.165, 1.54) is 11.8 Å². The van der Waals surface area contributed by atoms with Crippen molar-refractivity contribution in [1.82, 2.24) is 15.2 Å². The maximum Gasteiger partial charge on any atom is 0.277 e. The molecule has 178 valence electrons. The summed E-state index contributed by atoms with van der Waals surface area (Å²) in [6.07, 6.45) is 0. The number of carbonyl (C=O) groups is 1. The molecule has 4 aromatic rings. The Morgan fingerprint density at radius 3 is 2.35 bits per heavy atom. The lowest BCUT2D eigenvalue weighted by Crippen LogP contribution is -2.03. The van der Waals surface area contributed by atoms with Gasteiger partial charge in [0.2, 0.25) is 11.6 Å². The monoisotopic (exact) mass is 481 g/mol. The van der Waals surface area contributed by atoms with Gasteiger partial charge >= 0.3 is 0 Å². The van der Waals surface area contributed by atoms with Crippen LogP contribution in [0.25, 0.3) is 22.4 Å². The van der Waals surface area contributed by atoms with Gasteiger partial charge in [0.05, 0.1) is 25.6 Å². The lowest BCUT2D eigenvalue weighted by molar-refractivity contribution is 0.102. The van der Waals surface area contributed by atoms with Gasteiger partial charge in [0, 0.05) is 27.7 Å². The maximum atomic E-state index is 12.9. The average Bonchev–Trinajstić information content (AvgIpc) is 3.43. The summed E-state index contributed by atoms with van der Waals surface area (Å²) < 4.78 is 23.1. The number of hydrogen-bond acceptors (Lipinski definition) is 8. The number of thioether (sulfide) groups is 1. The average molecular weight is 482 g/mol. The minimum atomic E-state index is -0.00182. The molecule has 0 spiro atoms. The number of aromatic nitrogens is 3. The fraction of sp³-hybridized carbons (Fsp3) is 0.320. The number of Topliss-reactive ketones (excluding diaryl/α,β-unsaturated/α-hetero) is 1. The van der Waals surface area contributed by atoms with Crippen molar-refractivity contribution < 1.29 is 23.4 Å². The van der Waals surface area contributed by atoms with Gasteiger partial charge in [-0.15, -0.1) is 10.2 Å². The molecule has 2 aromatic carbocycles. The van der Waals surface area contributed by atoms with E-state index in [9.17, 15) is 4.79 Å². The van der Waals surface area contributed by atoms with Gasteiger partial charge in [-0.25, -0.2) is 0 Å². The highest BCUT2D eigenvalue weighted by molar-refractivity contribution is 7.99. The zero-order valence-electron chi connectivity index (χ0n) is 19.6. The van der Waals surface area contributed by atoms with Crippen molar-refractivity contribution in [2.24, 2.45) is 0 Å². The van der Waals surface area contributed by atoms with Gasteiger partial charge in [-0.05, 0) is 45.9 Å². The molecule has 0 saturated carbocycles. The number of H-pyrrole nitrogens is 1. The van der Waals surface area contributed by atoms with Crippen LogP contribution in [-0.2, 0) is 0 Å². The van der Waals surface area contributed by atoms with Crippen LogP contribution in [0.1, 0.15) is 36.8 Å². The lowest BCUT2D eigenvalue weighted by Gasteiger charge is -2.16. The van der Waals surface area contributed by atoms with Crippen LogP contribution in [0.4, 0.5) is 0 Å². The predicted molar refractivity (Wildman–Crippen MR) is 131 cm³/mol. The highest BCUT2D eigenvalue weighted by Gasteiger charge is 2.20. The second-order valence-corrected chi connectivity index (χ2v) is 8.28. The number of para-hydroxylation sites is 1. The Balaban J connectivity index is 1.55. The molecule has 4 rings (SSSR count). The molecule has 0 amide bonds. The molecular weight excluding hydrogens is 454 g/mol. The Hall–Kier alpha value is -3.46. The molecule has 0 bridgehead atoms. The summed E-state index contributed by atoms with van der Waals surface area (Å²) in [6, 6.07) is 11.3. The SMILES string of the molecule is CCOc1cc(-c2nnc(SCC(=O)c3c(C)[nH]c4ccccc34)o2)cc(OCC)c1OCC. The molecule has 0 fully saturated rings. The van der Waals surface area contributed by atoms with E-state index in [0.717, 1.165) is 16.6 Å². The second kappa shape index (κ2) is 10.6. The third-order valence-corrected chi connectivity index (χ3v) is 5.88. The highest BCUT2D eigenvalue weighted by Crippen LogP contribution is 2.42. The van der Waals surface area contributed by atoms with Gasteiger partial charge in [0.25, 0.3) is 5.22 Å². The summed E-state index contributed by atoms with van der Waals surface area (Å²) in [4.78, 5) is 16.2. The van der Waals surface area contributed by atoms with Crippen LogP contribution in [0.5, 0.6) is 17.2 Å². The van der Waals surface area contributed by atoms with Crippen LogP contribution in [-0.4, -0.2) is 46.5 Å². The standard InChI is InChI=1S/C25H27N3O5S/c1-5-30-20-12-16(13-21(31-6-2)23(20)32-7-3)24-27-28-25(33-24)34-14-19(29)22-15(4)26-18-11-9-8-10-17(18)22/h8-13,26H,5-7,14H2,1-4H3. The number of aromatic amines is 1. The summed E-state index contributed by atoms with van der Waals surface area (Å²) in [7, 11) is 0. The van der Waals surface area contributed by atoms with Gasteiger partial charge in [0.15, 0.2) is 17.3 Å². The van der Waals surface area contributed by atoms with Gasteiger partial charge in [-0.3, -0.25) is 4.79 Å². The summed E-state index contributed by atoms with van der Waals surface area (Å²) in [5.41, 5.74) is 3.13. The van der Waals surface area contributed by atoms with Crippen LogP contribution in [0.15, 0.2) is 46.0 Å². The third kappa shape index (κ3) is 4.89. The zero-order chi connectivity index (χ0) is 24.1. The molecule has 0 radical (unpaired) electrons. The summed E-state index contributed by atoms with van der Waals surface area (Å²) in [5.74, 6) is 2.12. The molecule has 0 aliphatic rings. The zero-order valence-corrected chi connectivity index (χ0v) is 20.5. The molecule has 9 heteroatoms. The molecule has 0 saturated heterocycles. The molecule has 0 aliphatic carbocycles. The van der Waals surface area contributed by atoms with Crippen molar-refractivity contribution in [3.63, 3.8) is 0 Å². The van der Waals surface area contributed by atoms with Crippen molar-refractivity contribution in [1.29, 1.82) is 0 Å². The largest absolute Gasteiger partial charge is 0.490 e. The minimum absolute atomic E-state index is 0.00182. The predicted octanol–water partition coefficient (Wildman–Crippen LogP) is 5.70. The smallest absolute Gasteiger partial charge is 0.277 e. The third-order valence-electron chi connectivity index (χ3n) is 5.06. The lowest BCUT2D eigenvalue weighted by atomic mass is 10.1. The Kier molecular flexibility index (Phi) is 7.42. The Morgan fingerprint density at radius 1 is 1.00 bits per heavy atom. The molecule has 0 unspecified atom stereocenters. The Bertz CT molecular complexity index is 1270. The number of ether oxygens (including phenoxy) is 3. The number of nitrogens with one attached hydrogen (secondary N) is 1. The number of rotatable bonds is 11. The van der Waals surface area contributed by atoms with Crippen LogP contribution in [0.2, 0.25) is 0 Å². The fourth-order valence-corrected chi connectivity index (χ4v) is 4.37. The molecule has 2 aromatic heterocycles. The van der Waals surface area contributed by atoms with Gasteiger partial charge in [-0.2, -0.15) is 0 Å². The van der Waals surface area contributed by atoms with E-state index in [1.807, 2.05) is 52.0 Å².